The van der Waals surface area contributed by atoms with Gasteiger partial charge in [0, 0.05) is 29.2 Å². The maximum atomic E-state index is 12.4. The Kier molecular flexibility index (Phi) is 4.48. The summed E-state index contributed by atoms with van der Waals surface area (Å²) in [4.78, 5) is 15.5. The highest BCUT2D eigenvalue weighted by Crippen LogP contribution is 2.21. The van der Waals surface area contributed by atoms with Gasteiger partial charge in [0.1, 0.15) is 0 Å². The molecule has 108 valence electrons. The smallest absolute Gasteiger partial charge is 0.251 e. The number of benzene rings is 1. The van der Waals surface area contributed by atoms with E-state index < -0.39 is 0 Å². The summed E-state index contributed by atoms with van der Waals surface area (Å²) in [5, 5.41) is 4.07. The van der Waals surface area contributed by atoms with Gasteiger partial charge in [-0.15, -0.1) is 0 Å². The molecule has 3 nitrogen and oxygen atoms in total. The number of aromatic nitrogens is 1. The first kappa shape index (κ1) is 14.6. The van der Waals surface area contributed by atoms with Crippen molar-refractivity contribution in [3.05, 3.63) is 36.0 Å². The van der Waals surface area contributed by atoms with E-state index in [0.29, 0.717) is 17.8 Å². The Labute approximate surface area is 120 Å². The van der Waals surface area contributed by atoms with E-state index in [0.717, 1.165) is 23.0 Å². The van der Waals surface area contributed by atoms with Crippen LogP contribution in [0, 0.1) is 17.8 Å². The lowest BCUT2D eigenvalue weighted by molar-refractivity contribution is 0.0939. The summed E-state index contributed by atoms with van der Waals surface area (Å²) in [5.74, 6) is 1.66. The number of carbonyl (C=O) groups is 1. The molecule has 0 bridgehead atoms. The fraction of sp³-hybridized carbons (Fsp3) is 0.471. The molecule has 1 aromatic carbocycles. The van der Waals surface area contributed by atoms with Gasteiger partial charge in [0.2, 0.25) is 0 Å². The van der Waals surface area contributed by atoms with Crippen LogP contribution in [-0.4, -0.2) is 17.4 Å². The zero-order chi connectivity index (χ0) is 14.7. The molecular weight excluding hydrogens is 248 g/mol. The fourth-order valence-electron chi connectivity index (χ4n) is 2.83. The Morgan fingerprint density at radius 2 is 1.85 bits per heavy atom. The second kappa shape index (κ2) is 6.12. The van der Waals surface area contributed by atoms with E-state index in [1.54, 1.807) is 0 Å². The molecule has 0 aliphatic heterocycles. The molecule has 3 heteroatoms. The van der Waals surface area contributed by atoms with Crippen molar-refractivity contribution < 1.29 is 4.79 Å². The maximum absolute atomic E-state index is 12.4. The predicted molar refractivity (Wildman–Crippen MR) is 83.8 cm³/mol. The van der Waals surface area contributed by atoms with Crippen LogP contribution in [0.25, 0.3) is 10.9 Å². The standard InChI is InChI=1S/C17H24N2O/c1-11(2)15(12(3)4)10-19-17(20)14-6-5-7-16-13(14)8-9-18-16/h5-9,11-12,15,18H,10H2,1-4H3,(H,19,20). The fourth-order valence-corrected chi connectivity index (χ4v) is 2.83. The lowest BCUT2D eigenvalue weighted by Gasteiger charge is -2.25. The predicted octanol–water partition coefficient (Wildman–Crippen LogP) is 3.83. The average molecular weight is 272 g/mol. The summed E-state index contributed by atoms with van der Waals surface area (Å²) >= 11 is 0. The molecule has 1 aromatic heterocycles. The van der Waals surface area contributed by atoms with Gasteiger partial charge in [-0.2, -0.15) is 0 Å². The molecule has 0 atom stereocenters. The van der Waals surface area contributed by atoms with Crippen LogP contribution in [0.2, 0.25) is 0 Å². The summed E-state index contributed by atoms with van der Waals surface area (Å²) in [6.45, 7) is 9.58. The van der Waals surface area contributed by atoms with Gasteiger partial charge in [0.15, 0.2) is 0 Å². The van der Waals surface area contributed by atoms with E-state index in [2.05, 4.69) is 38.0 Å². The third-order valence-electron chi connectivity index (χ3n) is 4.05. The molecule has 0 saturated heterocycles. The quantitative estimate of drug-likeness (QED) is 0.853. The Balaban J connectivity index is 2.10. The molecule has 0 unspecified atom stereocenters. The minimum Gasteiger partial charge on any atom is -0.361 e. The van der Waals surface area contributed by atoms with Gasteiger partial charge >= 0.3 is 0 Å². The van der Waals surface area contributed by atoms with E-state index in [9.17, 15) is 4.79 Å². The maximum Gasteiger partial charge on any atom is 0.251 e. The van der Waals surface area contributed by atoms with Crippen LogP contribution in [-0.2, 0) is 0 Å². The summed E-state index contributed by atoms with van der Waals surface area (Å²) in [6, 6.07) is 7.73. The first-order valence-electron chi connectivity index (χ1n) is 7.35. The van der Waals surface area contributed by atoms with Crippen LogP contribution >= 0.6 is 0 Å². The summed E-state index contributed by atoms with van der Waals surface area (Å²) in [5.41, 5.74) is 1.75. The highest BCUT2D eigenvalue weighted by Gasteiger charge is 2.19. The van der Waals surface area contributed by atoms with Crippen molar-refractivity contribution in [1.29, 1.82) is 0 Å². The van der Waals surface area contributed by atoms with Gasteiger partial charge in [0.05, 0.1) is 0 Å². The van der Waals surface area contributed by atoms with Crippen molar-refractivity contribution >= 4 is 16.8 Å². The van der Waals surface area contributed by atoms with Gasteiger partial charge < -0.3 is 10.3 Å². The van der Waals surface area contributed by atoms with Crippen LogP contribution in [0.15, 0.2) is 30.5 Å². The molecule has 2 rings (SSSR count). The molecule has 1 amide bonds. The van der Waals surface area contributed by atoms with Crippen LogP contribution in [0.5, 0.6) is 0 Å². The molecule has 1 heterocycles. The van der Waals surface area contributed by atoms with E-state index >= 15 is 0 Å². The zero-order valence-electron chi connectivity index (χ0n) is 12.7. The largest absolute Gasteiger partial charge is 0.361 e. The van der Waals surface area contributed by atoms with Gasteiger partial charge in [-0.1, -0.05) is 33.8 Å². The molecule has 0 fully saturated rings. The molecule has 0 spiro atoms. The Morgan fingerprint density at radius 1 is 1.15 bits per heavy atom. The van der Waals surface area contributed by atoms with Crippen LogP contribution in [0.1, 0.15) is 38.1 Å². The molecule has 20 heavy (non-hydrogen) atoms. The summed E-state index contributed by atoms with van der Waals surface area (Å²) in [7, 11) is 0. The number of fused-ring (bicyclic) bond motifs is 1. The number of H-pyrrole nitrogens is 1. The minimum absolute atomic E-state index is 0.0153. The number of nitrogens with one attached hydrogen (secondary N) is 2. The van der Waals surface area contributed by atoms with Gasteiger partial charge in [0.25, 0.3) is 5.91 Å². The topological polar surface area (TPSA) is 44.9 Å². The van der Waals surface area contributed by atoms with Crippen molar-refractivity contribution in [2.75, 3.05) is 6.54 Å². The van der Waals surface area contributed by atoms with Crippen LogP contribution < -0.4 is 5.32 Å². The van der Waals surface area contributed by atoms with Gasteiger partial charge in [-0.05, 0) is 36.0 Å². The first-order chi connectivity index (χ1) is 9.50. The van der Waals surface area contributed by atoms with E-state index in [1.807, 2.05) is 30.5 Å². The van der Waals surface area contributed by atoms with Crippen LogP contribution in [0.4, 0.5) is 0 Å². The molecule has 2 aromatic rings. The van der Waals surface area contributed by atoms with Crippen molar-refractivity contribution in [3.8, 4) is 0 Å². The molecule has 0 aliphatic rings. The monoisotopic (exact) mass is 272 g/mol. The highest BCUT2D eigenvalue weighted by atomic mass is 16.1. The number of hydrogen-bond acceptors (Lipinski definition) is 1. The molecule has 0 radical (unpaired) electrons. The SMILES string of the molecule is CC(C)C(CNC(=O)c1cccc2[nH]ccc12)C(C)C. The second-order valence-electron chi connectivity index (χ2n) is 6.11. The molecule has 0 aliphatic carbocycles. The Morgan fingerprint density at radius 3 is 2.50 bits per heavy atom. The number of rotatable bonds is 5. The first-order valence-corrected chi connectivity index (χ1v) is 7.35. The third kappa shape index (κ3) is 3.03. The summed E-state index contributed by atoms with van der Waals surface area (Å²) in [6.07, 6.45) is 1.87. The number of carbonyl (C=O) groups excluding carboxylic acids is 1. The minimum atomic E-state index is 0.0153. The van der Waals surface area contributed by atoms with Crippen molar-refractivity contribution in [3.63, 3.8) is 0 Å². The third-order valence-corrected chi connectivity index (χ3v) is 4.05. The lowest BCUT2D eigenvalue weighted by atomic mass is 9.85. The van der Waals surface area contributed by atoms with Crippen LogP contribution in [0.3, 0.4) is 0 Å². The molecule has 0 saturated carbocycles. The highest BCUT2D eigenvalue weighted by molar-refractivity contribution is 6.06. The van der Waals surface area contributed by atoms with Crippen molar-refractivity contribution in [2.24, 2.45) is 17.8 Å². The zero-order valence-corrected chi connectivity index (χ0v) is 12.7. The average Bonchev–Trinajstić information content (AvgIpc) is 2.85. The van der Waals surface area contributed by atoms with E-state index in [-0.39, 0.29) is 5.91 Å². The molecule has 2 N–H and O–H groups in total. The lowest BCUT2D eigenvalue weighted by Crippen LogP contribution is -2.34. The van der Waals surface area contributed by atoms with E-state index in [4.69, 9.17) is 0 Å². The summed E-state index contributed by atoms with van der Waals surface area (Å²) < 4.78 is 0. The molecular formula is C17H24N2O. The van der Waals surface area contributed by atoms with Crippen molar-refractivity contribution in [1.82, 2.24) is 10.3 Å². The van der Waals surface area contributed by atoms with Gasteiger partial charge in [-0.25, -0.2) is 0 Å². The number of aromatic amines is 1. The Bertz CT molecular complexity index is 575. The van der Waals surface area contributed by atoms with E-state index in [1.165, 1.54) is 0 Å². The normalized spacial score (nSPS) is 11.8. The number of amides is 1. The van der Waals surface area contributed by atoms with Crippen molar-refractivity contribution in [2.45, 2.75) is 27.7 Å². The van der Waals surface area contributed by atoms with Gasteiger partial charge in [-0.3, -0.25) is 4.79 Å². The number of hydrogen-bond donors (Lipinski definition) is 2. The second-order valence-corrected chi connectivity index (χ2v) is 6.11. The Hall–Kier alpha value is -1.77.